The second kappa shape index (κ2) is 11.1. The average molecular weight is 454 g/mol. The minimum Gasteiger partial charge on any atom is -0.490 e. The first-order valence-electron chi connectivity index (χ1n) is 10.7. The predicted octanol–water partition coefficient (Wildman–Crippen LogP) is 2.44. The van der Waals surface area contributed by atoms with Crippen LogP contribution in [0.4, 0.5) is 0 Å². The molecule has 174 valence electrons. The molecule has 0 radical (unpaired) electrons. The molecule has 3 amide bonds. The minimum absolute atomic E-state index is 0.0135. The van der Waals surface area contributed by atoms with Gasteiger partial charge in [0.2, 0.25) is 0 Å². The molecule has 0 saturated heterocycles. The van der Waals surface area contributed by atoms with E-state index in [1.807, 2.05) is 13.8 Å². The van der Waals surface area contributed by atoms with E-state index in [2.05, 4.69) is 5.32 Å². The lowest BCUT2D eigenvalue weighted by Gasteiger charge is -2.14. The molecule has 0 saturated carbocycles. The number of esters is 1. The smallest absolute Gasteiger partial charge is 0.325 e. The Morgan fingerprint density at radius 2 is 1.55 bits per heavy atom. The average Bonchev–Trinajstić information content (AvgIpc) is 3.06. The molecule has 0 bridgehead atoms. The fourth-order valence-corrected chi connectivity index (χ4v) is 3.35. The molecule has 0 fully saturated rings. The van der Waals surface area contributed by atoms with Gasteiger partial charge < -0.3 is 19.5 Å². The molecule has 2 aromatic carbocycles. The van der Waals surface area contributed by atoms with Gasteiger partial charge in [-0.05, 0) is 50.6 Å². The van der Waals surface area contributed by atoms with Gasteiger partial charge in [-0.25, -0.2) is 0 Å². The van der Waals surface area contributed by atoms with Gasteiger partial charge >= 0.3 is 5.97 Å². The molecule has 9 nitrogen and oxygen atoms in total. The Kier molecular flexibility index (Phi) is 8.01. The summed E-state index contributed by atoms with van der Waals surface area (Å²) in [5, 5.41) is 2.50. The van der Waals surface area contributed by atoms with Gasteiger partial charge in [-0.1, -0.05) is 12.1 Å². The number of amides is 3. The third-order valence-electron chi connectivity index (χ3n) is 4.87. The zero-order valence-electron chi connectivity index (χ0n) is 18.6. The van der Waals surface area contributed by atoms with Crippen LogP contribution in [-0.4, -0.2) is 61.5 Å². The Labute approximate surface area is 191 Å². The van der Waals surface area contributed by atoms with Crippen LogP contribution in [0.5, 0.6) is 11.5 Å². The molecule has 0 spiro atoms. The lowest BCUT2D eigenvalue weighted by Crippen LogP contribution is -2.33. The van der Waals surface area contributed by atoms with Crippen LogP contribution in [-0.2, 0) is 9.53 Å². The lowest BCUT2D eigenvalue weighted by molar-refractivity contribution is -0.142. The van der Waals surface area contributed by atoms with Crippen molar-refractivity contribution in [1.29, 1.82) is 0 Å². The van der Waals surface area contributed by atoms with Crippen molar-refractivity contribution < 1.29 is 33.4 Å². The van der Waals surface area contributed by atoms with E-state index in [4.69, 9.17) is 14.2 Å². The van der Waals surface area contributed by atoms with Gasteiger partial charge in [-0.2, -0.15) is 0 Å². The van der Waals surface area contributed by atoms with Crippen molar-refractivity contribution in [3.05, 3.63) is 59.2 Å². The molecule has 0 aromatic heterocycles. The highest BCUT2D eigenvalue weighted by Crippen LogP contribution is 2.28. The Hall–Kier alpha value is -3.88. The van der Waals surface area contributed by atoms with E-state index >= 15 is 0 Å². The second-order valence-electron chi connectivity index (χ2n) is 7.09. The molecular weight excluding hydrogens is 428 g/mol. The molecule has 1 aliphatic rings. The number of carbonyl (C=O) groups excluding carboxylic acids is 4. The fraction of sp³-hybridized carbons (Fsp3) is 0.333. The first-order valence-corrected chi connectivity index (χ1v) is 10.7. The largest absolute Gasteiger partial charge is 0.490 e. The number of hydrogen-bond acceptors (Lipinski definition) is 7. The second-order valence-corrected chi connectivity index (χ2v) is 7.09. The zero-order chi connectivity index (χ0) is 23.8. The quantitative estimate of drug-likeness (QED) is 0.315. The summed E-state index contributed by atoms with van der Waals surface area (Å²) in [5.41, 5.74) is 1.08. The van der Waals surface area contributed by atoms with Gasteiger partial charge in [-0.15, -0.1) is 0 Å². The summed E-state index contributed by atoms with van der Waals surface area (Å²) >= 11 is 0. The molecule has 0 unspecified atom stereocenters. The van der Waals surface area contributed by atoms with E-state index < -0.39 is 11.9 Å². The van der Waals surface area contributed by atoms with Crippen molar-refractivity contribution >= 4 is 23.7 Å². The number of hydrogen-bond donors (Lipinski definition) is 1. The first-order chi connectivity index (χ1) is 16.0. The van der Waals surface area contributed by atoms with Crippen LogP contribution in [0.2, 0.25) is 0 Å². The Bertz CT molecular complexity index is 1020. The van der Waals surface area contributed by atoms with Gasteiger partial charge in [0.05, 0.1) is 30.9 Å². The summed E-state index contributed by atoms with van der Waals surface area (Å²) < 4.78 is 16.1. The van der Waals surface area contributed by atoms with Gasteiger partial charge in [0, 0.05) is 12.1 Å². The molecule has 9 heteroatoms. The molecule has 2 aromatic rings. The zero-order valence-corrected chi connectivity index (χ0v) is 18.6. The third kappa shape index (κ3) is 5.68. The van der Waals surface area contributed by atoms with Crippen LogP contribution in [0.3, 0.4) is 0 Å². The Morgan fingerprint density at radius 1 is 0.909 bits per heavy atom. The summed E-state index contributed by atoms with van der Waals surface area (Å²) in [4.78, 5) is 50.1. The Balaban J connectivity index is 1.42. The summed E-state index contributed by atoms with van der Waals surface area (Å²) in [6.07, 6.45) is 0.293. The first kappa shape index (κ1) is 23.8. The highest BCUT2D eigenvalue weighted by Gasteiger charge is 2.34. The van der Waals surface area contributed by atoms with E-state index in [1.165, 1.54) is 0 Å². The van der Waals surface area contributed by atoms with E-state index in [-0.39, 0.29) is 31.5 Å². The topological polar surface area (TPSA) is 111 Å². The number of rotatable bonds is 11. The van der Waals surface area contributed by atoms with Crippen LogP contribution < -0.4 is 14.8 Å². The monoisotopic (exact) mass is 454 g/mol. The van der Waals surface area contributed by atoms with Gasteiger partial charge in [0.1, 0.15) is 6.54 Å². The van der Waals surface area contributed by atoms with Gasteiger partial charge in [-0.3, -0.25) is 24.1 Å². The maximum Gasteiger partial charge on any atom is 0.325 e. The molecule has 0 atom stereocenters. The van der Waals surface area contributed by atoms with E-state index in [1.54, 1.807) is 42.5 Å². The van der Waals surface area contributed by atoms with Crippen molar-refractivity contribution in [3.8, 4) is 11.5 Å². The van der Waals surface area contributed by atoms with Crippen molar-refractivity contribution in [2.45, 2.75) is 20.3 Å². The third-order valence-corrected chi connectivity index (χ3v) is 4.87. The van der Waals surface area contributed by atoms with Crippen LogP contribution in [0.25, 0.3) is 0 Å². The van der Waals surface area contributed by atoms with Crippen LogP contribution in [0, 0.1) is 0 Å². The van der Waals surface area contributed by atoms with E-state index in [9.17, 15) is 19.2 Å². The molecular formula is C24H26N2O7. The van der Waals surface area contributed by atoms with Gasteiger partial charge in [0.25, 0.3) is 17.7 Å². The van der Waals surface area contributed by atoms with Crippen LogP contribution in [0.15, 0.2) is 42.5 Å². The normalized spacial score (nSPS) is 12.4. The number of ether oxygens (including phenoxy) is 3. The maximum atomic E-state index is 12.4. The number of nitrogens with zero attached hydrogens (tertiary/aromatic N) is 1. The van der Waals surface area contributed by atoms with E-state index in [0.717, 1.165) is 4.90 Å². The summed E-state index contributed by atoms with van der Waals surface area (Å²) in [6.45, 7) is 4.39. The lowest BCUT2D eigenvalue weighted by atomic mass is 10.1. The highest BCUT2D eigenvalue weighted by molar-refractivity contribution is 6.21. The molecule has 1 N–H and O–H groups in total. The number of fused-ring (bicyclic) bond motifs is 1. The maximum absolute atomic E-state index is 12.4. The SMILES string of the molecule is CCOc1ccc(C(=O)NCC(=O)OCCCN2C(=O)c3ccccc3C2=O)cc1OCC. The number of benzene rings is 2. The molecule has 1 heterocycles. The predicted molar refractivity (Wildman–Crippen MR) is 118 cm³/mol. The number of imide groups is 1. The fourth-order valence-electron chi connectivity index (χ4n) is 3.35. The minimum atomic E-state index is -0.623. The van der Waals surface area contributed by atoms with Crippen molar-refractivity contribution in [1.82, 2.24) is 10.2 Å². The molecule has 3 rings (SSSR count). The molecule has 1 aliphatic heterocycles. The van der Waals surface area contributed by atoms with Crippen molar-refractivity contribution in [2.75, 3.05) is 32.9 Å². The van der Waals surface area contributed by atoms with Crippen molar-refractivity contribution in [3.63, 3.8) is 0 Å². The van der Waals surface area contributed by atoms with Crippen LogP contribution >= 0.6 is 0 Å². The van der Waals surface area contributed by atoms with Crippen molar-refractivity contribution in [2.24, 2.45) is 0 Å². The summed E-state index contributed by atoms with van der Waals surface area (Å²) in [7, 11) is 0. The van der Waals surface area contributed by atoms with Crippen LogP contribution in [0.1, 0.15) is 51.3 Å². The molecule has 0 aliphatic carbocycles. The Morgan fingerprint density at radius 3 is 2.18 bits per heavy atom. The number of carbonyl (C=O) groups is 4. The van der Waals surface area contributed by atoms with Gasteiger partial charge in [0.15, 0.2) is 11.5 Å². The standard InChI is InChI=1S/C24H26N2O7/c1-3-31-19-11-10-16(14-20(19)32-4-2)22(28)25-15-21(27)33-13-7-12-26-23(29)17-8-5-6-9-18(17)24(26)30/h5-6,8-11,14H,3-4,7,12-13,15H2,1-2H3,(H,25,28). The van der Waals surface area contributed by atoms with E-state index in [0.29, 0.717) is 47.8 Å². The summed E-state index contributed by atoms with van der Waals surface area (Å²) in [5.74, 6) is -0.799. The molecule has 33 heavy (non-hydrogen) atoms. The summed E-state index contributed by atoms with van der Waals surface area (Å²) in [6, 6.07) is 11.4. The highest BCUT2D eigenvalue weighted by atomic mass is 16.5. The number of nitrogens with one attached hydrogen (secondary N) is 1.